The molecule has 0 saturated carbocycles. The van der Waals surface area contributed by atoms with E-state index in [1.54, 1.807) is 6.33 Å². The summed E-state index contributed by atoms with van der Waals surface area (Å²) in [6.45, 7) is 7.68. The summed E-state index contributed by atoms with van der Waals surface area (Å²) in [6, 6.07) is 8.79. The van der Waals surface area contributed by atoms with Crippen molar-refractivity contribution in [2.75, 3.05) is 37.6 Å². The van der Waals surface area contributed by atoms with Crippen molar-refractivity contribution in [2.24, 2.45) is 4.99 Å². The van der Waals surface area contributed by atoms with Gasteiger partial charge in [-0.2, -0.15) is 5.10 Å². The minimum atomic E-state index is 0.467. The number of rotatable bonds is 5. The van der Waals surface area contributed by atoms with Gasteiger partial charge in [-0.25, -0.2) is 9.98 Å². The molecule has 0 unspecified atom stereocenters. The third-order valence-corrected chi connectivity index (χ3v) is 5.48. The molecule has 0 atom stereocenters. The van der Waals surface area contributed by atoms with Crippen molar-refractivity contribution in [3.63, 3.8) is 0 Å². The van der Waals surface area contributed by atoms with E-state index in [4.69, 9.17) is 4.99 Å². The number of nitrogens with zero attached hydrogens (tertiary/aromatic N) is 5. The maximum atomic E-state index is 4.89. The molecule has 3 heterocycles. The normalized spacial score (nSPS) is 18.1. The lowest BCUT2D eigenvalue weighted by molar-refractivity contribution is 0.299. The van der Waals surface area contributed by atoms with E-state index >= 15 is 0 Å². The number of guanidine groups is 1. The van der Waals surface area contributed by atoms with Gasteiger partial charge in [0, 0.05) is 44.3 Å². The molecule has 0 aliphatic carbocycles. The van der Waals surface area contributed by atoms with Crippen LogP contribution in [0.2, 0.25) is 0 Å². The van der Waals surface area contributed by atoms with Crippen LogP contribution in [0.15, 0.2) is 47.7 Å². The van der Waals surface area contributed by atoms with E-state index < -0.39 is 0 Å². The van der Waals surface area contributed by atoms with Gasteiger partial charge in [-0.1, -0.05) is 24.3 Å². The zero-order valence-electron chi connectivity index (χ0n) is 16.5. The van der Waals surface area contributed by atoms with Crippen LogP contribution in [-0.4, -0.2) is 58.8 Å². The first-order chi connectivity index (χ1) is 13.8. The fourth-order valence-electron chi connectivity index (χ4n) is 3.87. The summed E-state index contributed by atoms with van der Waals surface area (Å²) in [6.07, 6.45) is 8.16. The lowest BCUT2D eigenvalue weighted by Gasteiger charge is -2.33. The van der Waals surface area contributed by atoms with Gasteiger partial charge in [0.2, 0.25) is 0 Å². The Morgan fingerprint density at radius 2 is 1.93 bits per heavy atom. The van der Waals surface area contributed by atoms with E-state index in [0.29, 0.717) is 12.5 Å². The van der Waals surface area contributed by atoms with E-state index in [9.17, 15) is 0 Å². The molecule has 2 aromatic rings. The number of H-pyrrole nitrogens is 1. The Bertz CT molecular complexity index is 779. The van der Waals surface area contributed by atoms with Gasteiger partial charge < -0.3 is 15.1 Å². The monoisotopic (exact) mass is 379 g/mol. The van der Waals surface area contributed by atoms with Gasteiger partial charge in [0.1, 0.15) is 12.2 Å². The summed E-state index contributed by atoms with van der Waals surface area (Å²) in [5.74, 6) is 2.48. The highest BCUT2D eigenvalue weighted by molar-refractivity contribution is 5.80. The Hall–Kier alpha value is -2.83. The second-order valence-corrected chi connectivity index (χ2v) is 7.35. The highest BCUT2D eigenvalue weighted by atomic mass is 15.3. The van der Waals surface area contributed by atoms with Gasteiger partial charge in [0.15, 0.2) is 5.96 Å². The average Bonchev–Trinajstić information content (AvgIpc) is 3.46. The van der Waals surface area contributed by atoms with E-state index in [1.165, 1.54) is 11.3 Å². The van der Waals surface area contributed by atoms with Crippen LogP contribution >= 0.6 is 0 Å². The topological polar surface area (TPSA) is 72.4 Å². The fraction of sp³-hybridized carbons (Fsp3) is 0.476. The molecule has 0 bridgehead atoms. The molecule has 0 radical (unpaired) electrons. The van der Waals surface area contributed by atoms with Gasteiger partial charge in [-0.15, -0.1) is 0 Å². The van der Waals surface area contributed by atoms with Crippen molar-refractivity contribution in [1.82, 2.24) is 25.4 Å². The molecule has 4 rings (SSSR count). The van der Waals surface area contributed by atoms with Crippen LogP contribution in [0.5, 0.6) is 0 Å². The summed E-state index contributed by atoms with van der Waals surface area (Å²) in [5, 5.41) is 10.4. The van der Waals surface area contributed by atoms with Crippen LogP contribution in [0, 0.1) is 0 Å². The maximum absolute atomic E-state index is 4.89. The number of aromatic amines is 1. The second kappa shape index (κ2) is 8.91. The zero-order valence-corrected chi connectivity index (χ0v) is 16.5. The first kappa shape index (κ1) is 18.5. The summed E-state index contributed by atoms with van der Waals surface area (Å²) in [5.41, 5.74) is 2.52. The SMILES string of the molecule is CCNC(=NCc1ccc(N2CC=CC2)cc1)N1CCC(c2ncn[nH]2)CC1. The molecule has 28 heavy (non-hydrogen) atoms. The maximum Gasteiger partial charge on any atom is 0.194 e. The van der Waals surface area contributed by atoms with Crippen molar-refractivity contribution in [3.8, 4) is 0 Å². The Morgan fingerprint density at radius 3 is 2.57 bits per heavy atom. The molecule has 2 aliphatic rings. The lowest BCUT2D eigenvalue weighted by atomic mass is 9.96. The zero-order chi connectivity index (χ0) is 19.2. The number of aliphatic imine (C=N–C) groups is 1. The Balaban J connectivity index is 1.35. The number of nitrogens with one attached hydrogen (secondary N) is 2. The van der Waals surface area contributed by atoms with Gasteiger partial charge in [-0.05, 0) is 37.5 Å². The summed E-state index contributed by atoms with van der Waals surface area (Å²) >= 11 is 0. The number of likely N-dealkylation sites (tertiary alicyclic amines) is 1. The van der Waals surface area contributed by atoms with Gasteiger partial charge in [-0.3, -0.25) is 5.10 Å². The Labute approximate surface area is 166 Å². The van der Waals surface area contributed by atoms with Crippen molar-refractivity contribution in [1.29, 1.82) is 0 Å². The van der Waals surface area contributed by atoms with Crippen LogP contribution in [0.1, 0.15) is 37.1 Å². The fourth-order valence-corrected chi connectivity index (χ4v) is 3.87. The van der Waals surface area contributed by atoms with Crippen molar-refractivity contribution >= 4 is 11.6 Å². The van der Waals surface area contributed by atoms with Gasteiger partial charge in [0.25, 0.3) is 0 Å². The van der Waals surface area contributed by atoms with Crippen LogP contribution in [0.25, 0.3) is 0 Å². The summed E-state index contributed by atoms with van der Waals surface area (Å²) < 4.78 is 0. The summed E-state index contributed by atoms with van der Waals surface area (Å²) in [7, 11) is 0. The summed E-state index contributed by atoms with van der Waals surface area (Å²) in [4.78, 5) is 13.9. The highest BCUT2D eigenvalue weighted by Crippen LogP contribution is 2.25. The van der Waals surface area contributed by atoms with E-state index in [2.05, 4.69) is 73.6 Å². The van der Waals surface area contributed by atoms with E-state index in [1.807, 2.05) is 0 Å². The molecular weight excluding hydrogens is 350 g/mol. The smallest absolute Gasteiger partial charge is 0.194 e. The molecule has 7 heteroatoms. The minimum Gasteiger partial charge on any atom is -0.364 e. The molecule has 1 fully saturated rings. The Kier molecular flexibility index (Phi) is 5.89. The average molecular weight is 380 g/mol. The van der Waals surface area contributed by atoms with Crippen molar-refractivity contribution in [2.45, 2.75) is 32.2 Å². The standard InChI is InChI=1S/C21H29N7/c1-2-22-21(28-13-9-18(10-14-28)20-24-16-25-26-20)23-15-17-5-7-19(8-6-17)27-11-3-4-12-27/h3-8,16,18H,2,9-15H2,1H3,(H,22,23)(H,24,25,26). The molecule has 1 aromatic heterocycles. The van der Waals surface area contributed by atoms with Crippen LogP contribution in [-0.2, 0) is 6.54 Å². The first-order valence-corrected chi connectivity index (χ1v) is 10.2. The molecule has 0 amide bonds. The van der Waals surface area contributed by atoms with E-state index in [-0.39, 0.29) is 0 Å². The van der Waals surface area contributed by atoms with E-state index in [0.717, 1.165) is 57.3 Å². The quantitative estimate of drug-likeness (QED) is 0.474. The number of benzene rings is 1. The molecule has 0 spiro atoms. The van der Waals surface area contributed by atoms with Crippen LogP contribution < -0.4 is 10.2 Å². The number of anilines is 1. The largest absolute Gasteiger partial charge is 0.364 e. The van der Waals surface area contributed by atoms with Crippen molar-refractivity contribution in [3.05, 3.63) is 54.1 Å². The lowest BCUT2D eigenvalue weighted by Crippen LogP contribution is -2.45. The highest BCUT2D eigenvalue weighted by Gasteiger charge is 2.24. The number of aromatic nitrogens is 3. The second-order valence-electron chi connectivity index (χ2n) is 7.35. The number of hydrogen-bond donors (Lipinski definition) is 2. The molecule has 148 valence electrons. The predicted molar refractivity (Wildman–Crippen MR) is 113 cm³/mol. The Morgan fingerprint density at radius 1 is 1.18 bits per heavy atom. The third-order valence-electron chi connectivity index (χ3n) is 5.48. The van der Waals surface area contributed by atoms with Crippen LogP contribution in [0.4, 0.5) is 5.69 Å². The number of piperidine rings is 1. The van der Waals surface area contributed by atoms with Gasteiger partial charge in [0.05, 0.1) is 6.54 Å². The van der Waals surface area contributed by atoms with Crippen LogP contribution in [0.3, 0.4) is 0 Å². The molecule has 1 saturated heterocycles. The molecule has 1 aromatic carbocycles. The first-order valence-electron chi connectivity index (χ1n) is 10.2. The molecular formula is C21H29N7. The molecule has 7 nitrogen and oxygen atoms in total. The minimum absolute atomic E-state index is 0.467. The van der Waals surface area contributed by atoms with Gasteiger partial charge >= 0.3 is 0 Å². The number of hydrogen-bond acceptors (Lipinski definition) is 4. The predicted octanol–water partition coefficient (Wildman–Crippen LogP) is 2.53. The molecule has 2 aliphatic heterocycles. The molecule has 2 N–H and O–H groups in total. The third kappa shape index (κ3) is 4.35. The van der Waals surface area contributed by atoms with Crippen molar-refractivity contribution < 1.29 is 0 Å².